The summed E-state index contributed by atoms with van der Waals surface area (Å²) in [7, 11) is 0. The molecule has 0 aliphatic heterocycles. The van der Waals surface area contributed by atoms with Crippen LogP contribution in [0.15, 0.2) is 55.3 Å². The van der Waals surface area contributed by atoms with Gasteiger partial charge < -0.3 is 9.88 Å². The monoisotopic (exact) mass is 354 g/mol. The number of amides is 1. The third kappa shape index (κ3) is 4.18. The van der Waals surface area contributed by atoms with Gasteiger partial charge in [-0.1, -0.05) is 12.1 Å². The van der Waals surface area contributed by atoms with Crippen LogP contribution < -0.4 is 5.32 Å². The SMILES string of the molecule is Cc1ccc(F)c(Cn2cnc(NC(=O)/C=C/c3cccnc3)c2)c1F. The van der Waals surface area contributed by atoms with Crippen molar-refractivity contribution in [1.82, 2.24) is 14.5 Å². The van der Waals surface area contributed by atoms with Gasteiger partial charge in [-0.05, 0) is 36.3 Å². The first-order valence-electron chi connectivity index (χ1n) is 7.87. The van der Waals surface area contributed by atoms with Crippen LogP contribution in [0.1, 0.15) is 16.7 Å². The molecule has 26 heavy (non-hydrogen) atoms. The van der Waals surface area contributed by atoms with E-state index in [1.807, 2.05) is 6.07 Å². The standard InChI is InChI=1S/C19H16F2N4O/c1-13-4-6-16(20)15(19(13)21)10-25-11-17(23-12-25)24-18(26)7-5-14-3-2-8-22-9-14/h2-9,11-12H,10H2,1H3,(H,24,26)/b7-5+. The van der Waals surface area contributed by atoms with Crippen molar-refractivity contribution in [2.24, 2.45) is 0 Å². The number of hydrogen-bond acceptors (Lipinski definition) is 3. The van der Waals surface area contributed by atoms with E-state index < -0.39 is 11.6 Å². The highest BCUT2D eigenvalue weighted by Crippen LogP contribution is 2.18. The molecule has 0 fully saturated rings. The van der Waals surface area contributed by atoms with Gasteiger partial charge in [0.2, 0.25) is 5.91 Å². The van der Waals surface area contributed by atoms with Gasteiger partial charge in [-0.3, -0.25) is 9.78 Å². The molecule has 1 amide bonds. The smallest absolute Gasteiger partial charge is 0.249 e. The van der Waals surface area contributed by atoms with E-state index in [1.54, 1.807) is 31.5 Å². The first kappa shape index (κ1) is 17.5. The first-order chi connectivity index (χ1) is 12.5. The molecule has 0 radical (unpaired) electrons. The van der Waals surface area contributed by atoms with E-state index in [0.717, 1.165) is 5.56 Å². The van der Waals surface area contributed by atoms with Crippen molar-refractivity contribution in [2.45, 2.75) is 13.5 Å². The average Bonchev–Trinajstić information content (AvgIpc) is 3.08. The Balaban J connectivity index is 1.66. The van der Waals surface area contributed by atoms with Crippen LogP contribution >= 0.6 is 0 Å². The topological polar surface area (TPSA) is 59.8 Å². The lowest BCUT2D eigenvalue weighted by molar-refractivity contribution is -0.111. The highest BCUT2D eigenvalue weighted by molar-refractivity contribution is 6.01. The van der Waals surface area contributed by atoms with Gasteiger partial charge in [0.25, 0.3) is 0 Å². The van der Waals surface area contributed by atoms with Crippen molar-refractivity contribution >= 4 is 17.8 Å². The molecule has 0 spiro atoms. The molecule has 2 aromatic heterocycles. The van der Waals surface area contributed by atoms with Crippen molar-refractivity contribution in [3.8, 4) is 0 Å². The normalized spacial score (nSPS) is 11.0. The van der Waals surface area contributed by atoms with Crippen LogP contribution in [0, 0.1) is 18.6 Å². The second-order valence-electron chi connectivity index (χ2n) is 5.70. The average molecular weight is 354 g/mol. The molecule has 0 saturated heterocycles. The number of aromatic nitrogens is 3. The summed E-state index contributed by atoms with van der Waals surface area (Å²) >= 11 is 0. The Hall–Kier alpha value is -3.35. The van der Waals surface area contributed by atoms with Gasteiger partial charge in [0.1, 0.15) is 11.6 Å². The fourth-order valence-electron chi connectivity index (χ4n) is 2.37. The molecule has 3 aromatic rings. The molecule has 0 aliphatic rings. The molecule has 0 bridgehead atoms. The zero-order valence-electron chi connectivity index (χ0n) is 14.0. The summed E-state index contributed by atoms with van der Waals surface area (Å²) in [6.45, 7) is 1.56. The Morgan fingerprint density at radius 3 is 2.92 bits per heavy atom. The van der Waals surface area contributed by atoms with Crippen molar-refractivity contribution in [2.75, 3.05) is 5.32 Å². The molecule has 0 unspecified atom stereocenters. The van der Waals surface area contributed by atoms with Crippen LogP contribution in [0.5, 0.6) is 0 Å². The lowest BCUT2D eigenvalue weighted by atomic mass is 10.1. The largest absolute Gasteiger partial charge is 0.331 e. The zero-order valence-corrected chi connectivity index (χ0v) is 14.0. The van der Waals surface area contributed by atoms with E-state index in [4.69, 9.17) is 0 Å². The summed E-state index contributed by atoms with van der Waals surface area (Å²) in [5.41, 5.74) is 1.12. The summed E-state index contributed by atoms with van der Waals surface area (Å²) < 4.78 is 29.4. The highest BCUT2D eigenvalue weighted by Gasteiger charge is 2.12. The van der Waals surface area contributed by atoms with Gasteiger partial charge in [-0.25, -0.2) is 13.8 Å². The summed E-state index contributed by atoms with van der Waals surface area (Å²) in [5, 5.41) is 2.59. The molecule has 5 nitrogen and oxygen atoms in total. The van der Waals surface area contributed by atoms with E-state index in [-0.39, 0.29) is 18.0 Å². The Morgan fingerprint density at radius 1 is 1.31 bits per heavy atom. The van der Waals surface area contributed by atoms with Gasteiger partial charge >= 0.3 is 0 Å². The van der Waals surface area contributed by atoms with Crippen LogP contribution in [-0.2, 0) is 11.3 Å². The minimum absolute atomic E-state index is 0.0201. The highest BCUT2D eigenvalue weighted by atomic mass is 19.1. The van der Waals surface area contributed by atoms with E-state index in [1.165, 1.54) is 35.3 Å². The van der Waals surface area contributed by atoms with Gasteiger partial charge in [0.05, 0.1) is 12.9 Å². The predicted molar refractivity (Wildman–Crippen MR) is 94.3 cm³/mol. The molecule has 0 atom stereocenters. The molecule has 1 N–H and O–H groups in total. The summed E-state index contributed by atoms with van der Waals surface area (Å²) in [6, 6.07) is 6.21. The van der Waals surface area contributed by atoms with E-state index in [2.05, 4.69) is 15.3 Å². The second-order valence-corrected chi connectivity index (χ2v) is 5.70. The fourth-order valence-corrected chi connectivity index (χ4v) is 2.37. The maximum Gasteiger partial charge on any atom is 0.249 e. The number of nitrogens with zero attached hydrogens (tertiary/aromatic N) is 3. The number of anilines is 1. The van der Waals surface area contributed by atoms with Crippen LogP contribution in [0.4, 0.5) is 14.6 Å². The number of carbonyl (C=O) groups is 1. The molecule has 7 heteroatoms. The lowest BCUT2D eigenvalue weighted by Crippen LogP contribution is -2.08. The van der Waals surface area contributed by atoms with Crippen LogP contribution in [0.3, 0.4) is 0 Å². The molecule has 0 saturated carbocycles. The van der Waals surface area contributed by atoms with Crippen molar-refractivity contribution in [3.05, 3.63) is 83.6 Å². The lowest BCUT2D eigenvalue weighted by Gasteiger charge is -2.07. The predicted octanol–water partition coefficient (Wildman–Crippen LogP) is 3.56. The van der Waals surface area contributed by atoms with Crippen LogP contribution in [0.25, 0.3) is 6.08 Å². The number of halogens is 2. The second kappa shape index (κ2) is 7.69. The van der Waals surface area contributed by atoms with Crippen molar-refractivity contribution < 1.29 is 13.6 Å². The number of carbonyl (C=O) groups excluding carboxylic acids is 1. The third-order valence-corrected chi connectivity index (χ3v) is 3.72. The molecular weight excluding hydrogens is 338 g/mol. The number of benzene rings is 1. The molecule has 0 aliphatic carbocycles. The summed E-state index contributed by atoms with van der Waals surface area (Å²) in [4.78, 5) is 19.9. The molecule has 132 valence electrons. The zero-order chi connectivity index (χ0) is 18.5. The number of pyridine rings is 1. The quantitative estimate of drug-likeness (QED) is 0.713. The van der Waals surface area contributed by atoms with Crippen molar-refractivity contribution in [3.63, 3.8) is 0 Å². The summed E-state index contributed by atoms with van der Waals surface area (Å²) in [5.74, 6) is -1.28. The molecule has 3 rings (SSSR count). The van der Waals surface area contributed by atoms with Gasteiger partial charge in [0.15, 0.2) is 5.82 Å². The Kier molecular flexibility index (Phi) is 5.17. The number of imidazole rings is 1. The Morgan fingerprint density at radius 2 is 2.15 bits per heavy atom. The molecule has 1 aromatic carbocycles. The Bertz CT molecular complexity index is 951. The number of hydrogen-bond donors (Lipinski definition) is 1. The van der Waals surface area contributed by atoms with E-state index in [9.17, 15) is 13.6 Å². The minimum atomic E-state index is -0.619. The molecular formula is C19H16F2N4O. The first-order valence-corrected chi connectivity index (χ1v) is 7.87. The van der Waals surface area contributed by atoms with Crippen LogP contribution in [0.2, 0.25) is 0 Å². The van der Waals surface area contributed by atoms with E-state index >= 15 is 0 Å². The van der Waals surface area contributed by atoms with Gasteiger partial charge in [-0.15, -0.1) is 0 Å². The summed E-state index contributed by atoms with van der Waals surface area (Å²) in [6.07, 6.45) is 9.17. The minimum Gasteiger partial charge on any atom is -0.331 e. The molecule has 2 heterocycles. The van der Waals surface area contributed by atoms with E-state index in [0.29, 0.717) is 11.4 Å². The van der Waals surface area contributed by atoms with Gasteiger partial charge in [-0.2, -0.15) is 0 Å². The maximum atomic E-state index is 14.1. The maximum absolute atomic E-state index is 14.1. The van der Waals surface area contributed by atoms with Crippen molar-refractivity contribution in [1.29, 1.82) is 0 Å². The number of rotatable bonds is 5. The third-order valence-electron chi connectivity index (χ3n) is 3.72. The fraction of sp³-hybridized carbons (Fsp3) is 0.105. The number of aryl methyl sites for hydroxylation is 1. The van der Waals surface area contributed by atoms with Crippen LogP contribution in [-0.4, -0.2) is 20.4 Å². The van der Waals surface area contributed by atoms with Gasteiger partial charge in [0, 0.05) is 30.2 Å². The Labute approximate surface area is 149 Å². The number of nitrogens with one attached hydrogen (secondary N) is 1.